The maximum atomic E-state index is 12.3. The van der Waals surface area contributed by atoms with E-state index in [9.17, 15) is 9.59 Å². The van der Waals surface area contributed by atoms with E-state index in [1.807, 2.05) is 43.3 Å². The number of Topliss-reactive ketones (excluding diaryl/α,β-unsaturated/α-hetero) is 1. The van der Waals surface area contributed by atoms with Gasteiger partial charge in [-0.05, 0) is 36.2 Å². The van der Waals surface area contributed by atoms with Gasteiger partial charge in [0.05, 0.1) is 6.42 Å². The van der Waals surface area contributed by atoms with Gasteiger partial charge in [-0.2, -0.15) is 0 Å². The molecule has 3 nitrogen and oxygen atoms in total. The van der Waals surface area contributed by atoms with Crippen molar-refractivity contribution in [3.05, 3.63) is 64.7 Å². The van der Waals surface area contributed by atoms with Crippen LogP contribution in [0.3, 0.4) is 0 Å². The third-order valence-corrected chi connectivity index (χ3v) is 3.54. The average Bonchev–Trinajstić information content (AvgIpc) is 2.80. The van der Waals surface area contributed by atoms with Gasteiger partial charge in [0, 0.05) is 17.7 Å². The van der Waals surface area contributed by atoms with Crippen LogP contribution in [-0.4, -0.2) is 11.7 Å². The van der Waals surface area contributed by atoms with E-state index in [1.54, 1.807) is 6.07 Å². The van der Waals surface area contributed by atoms with Crippen LogP contribution in [0.15, 0.2) is 42.5 Å². The molecule has 0 aliphatic carbocycles. The Morgan fingerprint density at radius 1 is 1.15 bits per heavy atom. The number of hydrogen-bond donors (Lipinski definition) is 1. The highest BCUT2D eigenvalue weighted by Gasteiger charge is 2.19. The third kappa shape index (κ3) is 2.48. The molecule has 0 bridgehead atoms. The molecule has 0 aromatic heterocycles. The Hall–Kier alpha value is -2.42. The highest BCUT2D eigenvalue weighted by atomic mass is 16.1. The number of anilines is 1. The summed E-state index contributed by atoms with van der Waals surface area (Å²) < 4.78 is 0. The number of aryl methyl sites for hydroxylation is 1. The van der Waals surface area contributed by atoms with Gasteiger partial charge in [-0.25, -0.2) is 0 Å². The van der Waals surface area contributed by atoms with Gasteiger partial charge < -0.3 is 5.32 Å². The van der Waals surface area contributed by atoms with Gasteiger partial charge >= 0.3 is 0 Å². The highest BCUT2D eigenvalue weighted by molar-refractivity contribution is 6.02. The van der Waals surface area contributed by atoms with E-state index in [-0.39, 0.29) is 11.7 Å². The minimum Gasteiger partial charge on any atom is -0.326 e. The molecular weight excluding hydrogens is 250 g/mol. The van der Waals surface area contributed by atoms with Crippen LogP contribution in [0.5, 0.6) is 0 Å². The van der Waals surface area contributed by atoms with Crippen LogP contribution in [0.25, 0.3) is 0 Å². The molecule has 1 N–H and O–H groups in total. The fraction of sp³-hybridized carbons (Fsp3) is 0.176. The highest BCUT2D eigenvalue weighted by Crippen LogP contribution is 2.24. The minimum absolute atomic E-state index is 0.0110. The van der Waals surface area contributed by atoms with Crippen LogP contribution in [0.1, 0.15) is 27.0 Å². The number of nitrogens with one attached hydrogen (secondary N) is 1. The first-order valence-electron chi connectivity index (χ1n) is 6.63. The molecule has 0 fully saturated rings. The fourth-order valence-electron chi connectivity index (χ4n) is 2.40. The monoisotopic (exact) mass is 265 g/mol. The van der Waals surface area contributed by atoms with Crippen molar-refractivity contribution in [3.8, 4) is 0 Å². The first-order chi connectivity index (χ1) is 9.61. The second-order valence-corrected chi connectivity index (χ2v) is 5.18. The maximum Gasteiger partial charge on any atom is 0.228 e. The predicted molar refractivity (Wildman–Crippen MR) is 78.0 cm³/mol. The molecule has 1 amide bonds. The SMILES string of the molecule is Cc1ccc(CC(=O)c2ccc3c(c2)CC(=O)N3)cc1. The van der Waals surface area contributed by atoms with E-state index < -0.39 is 0 Å². The van der Waals surface area contributed by atoms with E-state index in [4.69, 9.17) is 0 Å². The summed E-state index contributed by atoms with van der Waals surface area (Å²) in [4.78, 5) is 23.6. The van der Waals surface area contributed by atoms with Crippen LogP contribution >= 0.6 is 0 Å². The molecule has 3 rings (SSSR count). The molecule has 0 spiro atoms. The molecule has 2 aromatic rings. The largest absolute Gasteiger partial charge is 0.326 e. The normalized spacial score (nSPS) is 12.9. The standard InChI is InChI=1S/C17H15NO2/c1-11-2-4-12(5-3-11)8-16(19)13-6-7-15-14(9-13)10-17(20)18-15/h2-7,9H,8,10H2,1H3,(H,18,20). The third-order valence-electron chi connectivity index (χ3n) is 3.54. The summed E-state index contributed by atoms with van der Waals surface area (Å²) in [5.41, 5.74) is 4.59. The number of ketones is 1. The van der Waals surface area contributed by atoms with E-state index in [0.29, 0.717) is 18.4 Å². The Morgan fingerprint density at radius 2 is 1.90 bits per heavy atom. The number of carbonyl (C=O) groups is 2. The van der Waals surface area contributed by atoms with Gasteiger partial charge in [-0.15, -0.1) is 0 Å². The molecule has 1 heterocycles. The lowest BCUT2D eigenvalue weighted by molar-refractivity contribution is -0.115. The summed E-state index contributed by atoms with van der Waals surface area (Å²) >= 11 is 0. The summed E-state index contributed by atoms with van der Waals surface area (Å²) in [6.07, 6.45) is 0.751. The first kappa shape index (κ1) is 12.6. The fourth-order valence-corrected chi connectivity index (χ4v) is 2.40. The zero-order chi connectivity index (χ0) is 14.1. The van der Waals surface area contributed by atoms with Gasteiger partial charge in [0.1, 0.15) is 0 Å². The van der Waals surface area contributed by atoms with Gasteiger partial charge in [-0.1, -0.05) is 29.8 Å². The van der Waals surface area contributed by atoms with Gasteiger partial charge in [0.25, 0.3) is 0 Å². The predicted octanol–water partition coefficient (Wildman–Crippen LogP) is 2.92. The number of fused-ring (bicyclic) bond motifs is 1. The van der Waals surface area contributed by atoms with Crippen molar-refractivity contribution in [2.24, 2.45) is 0 Å². The number of benzene rings is 2. The topological polar surface area (TPSA) is 46.2 Å². The summed E-state index contributed by atoms with van der Waals surface area (Å²) in [5, 5.41) is 2.77. The van der Waals surface area contributed by atoms with Crippen molar-refractivity contribution in [2.45, 2.75) is 19.8 Å². The molecular formula is C17H15NO2. The summed E-state index contributed by atoms with van der Waals surface area (Å²) in [6, 6.07) is 13.4. The lowest BCUT2D eigenvalue weighted by Crippen LogP contribution is -2.04. The Morgan fingerprint density at radius 3 is 2.65 bits per heavy atom. The van der Waals surface area contributed by atoms with Crippen LogP contribution < -0.4 is 5.32 Å². The summed E-state index contributed by atoms with van der Waals surface area (Å²) in [5.74, 6) is 0.0686. The molecule has 3 heteroatoms. The molecule has 20 heavy (non-hydrogen) atoms. The van der Waals surface area contributed by atoms with Gasteiger partial charge in [0.2, 0.25) is 5.91 Å². The zero-order valence-corrected chi connectivity index (χ0v) is 11.3. The van der Waals surface area contributed by atoms with E-state index in [2.05, 4.69) is 5.32 Å². The minimum atomic E-state index is -0.0110. The van der Waals surface area contributed by atoms with Crippen molar-refractivity contribution in [2.75, 3.05) is 5.32 Å². The first-order valence-corrected chi connectivity index (χ1v) is 6.63. The molecule has 0 atom stereocenters. The summed E-state index contributed by atoms with van der Waals surface area (Å²) in [6.45, 7) is 2.02. The van der Waals surface area contributed by atoms with Crippen molar-refractivity contribution < 1.29 is 9.59 Å². The lowest BCUT2D eigenvalue weighted by Gasteiger charge is -2.04. The summed E-state index contributed by atoms with van der Waals surface area (Å²) in [7, 11) is 0. The van der Waals surface area contributed by atoms with E-state index >= 15 is 0 Å². The van der Waals surface area contributed by atoms with E-state index in [0.717, 1.165) is 16.8 Å². The van der Waals surface area contributed by atoms with Crippen molar-refractivity contribution in [3.63, 3.8) is 0 Å². The molecule has 2 aromatic carbocycles. The molecule has 0 unspecified atom stereocenters. The average molecular weight is 265 g/mol. The Balaban J connectivity index is 1.79. The van der Waals surface area contributed by atoms with Crippen molar-refractivity contribution in [1.29, 1.82) is 0 Å². The number of hydrogen-bond acceptors (Lipinski definition) is 2. The van der Waals surface area contributed by atoms with Crippen LogP contribution in [-0.2, 0) is 17.6 Å². The molecule has 0 saturated carbocycles. The maximum absolute atomic E-state index is 12.3. The van der Waals surface area contributed by atoms with Crippen molar-refractivity contribution >= 4 is 17.4 Å². The Labute approximate surface area is 117 Å². The molecule has 0 radical (unpaired) electrons. The van der Waals surface area contributed by atoms with Crippen LogP contribution in [0.2, 0.25) is 0 Å². The Bertz CT molecular complexity index is 687. The van der Waals surface area contributed by atoms with Crippen LogP contribution in [0.4, 0.5) is 5.69 Å². The van der Waals surface area contributed by atoms with E-state index in [1.165, 1.54) is 5.56 Å². The molecule has 100 valence electrons. The zero-order valence-electron chi connectivity index (χ0n) is 11.3. The van der Waals surface area contributed by atoms with Crippen LogP contribution in [0, 0.1) is 6.92 Å². The van der Waals surface area contributed by atoms with Crippen molar-refractivity contribution in [1.82, 2.24) is 0 Å². The lowest BCUT2D eigenvalue weighted by atomic mass is 10.00. The number of rotatable bonds is 3. The molecule has 1 aliphatic heterocycles. The Kier molecular flexibility index (Phi) is 3.11. The second kappa shape index (κ2) is 4.93. The van der Waals surface area contributed by atoms with Gasteiger partial charge in [-0.3, -0.25) is 9.59 Å². The number of carbonyl (C=O) groups excluding carboxylic acids is 2. The molecule has 1 aliphatic rings. The smallest absolute Gasteiger partial charge is 0.228 e. The van der Waals surface area contributed by atoms with Gasteiger partial charge in [0.15, 0.2) is 5.78 Å². The second-order valence-electron chi connectivity index (χ2n) is 5.18. The number of amides is 1. The quantitative estimate of drug-likeness (QED) is 0.867. The molecule has 0 saturated heterocycles.